The predicted octanol–water partition coefficient (Wildman–Crippen LogP) is 0.00550. The van der Waals surface area contributed by atoms with Crippen LogP contribution in [0.1, 0.15) is 63.7 Å². The number of amides is 1. The number of hydrogen-bond acceptors (Lipinski definition) is 6. The third-order valence-corrected chi connectivity index (χ3v) is 4.77. The van der Waals surface area contributed by atoms with Gasteiger partial charge in [0.1, 0.15) is 17.9 Å². The van der Waals surface area contributed by atoms with Crippen molar-refractivity contribution in [1.29, 1.82) is 0 Å². The SMILES string of the molecule is CCCCCCCC(=O)NCC#Cc1cn([C@H]2C[C@H](O)[C@@H](CO)O2)c(=O)[nH]c1=O. The van der Waals surface area contributed by atoms with Crippen molar-refractivity contribution >= 4 is 5.91 Å². The van der Waals surface area contributed by atoms with Crippen LogP contribution in [0, 0.1) is 11.8 Å². The fourth-order valence-corrected chi connectivity index (χ4v) is 3.10. The number of ether oxygens (including phenoxy) is 1. The van der Waals surface area contributed by atoms with E-state index in [1.807, 2.05) is 0 Å². The van der Waals surface area contributed by atoms with Crippen LogP contribution in [0.2, 0.25) is 0 Å². The van der Waals surface area contributed by atoms with Gasteiger partial charge in [-0.3, -0.25) is 19.1 Å². The molecule has 9 nitrogen and oxygen atoms in total. The lowest BCUT2D eigenvalue weighted by Gasteiger charge is -2.14. The summed E-state index contributed by atoms with van der Waals surface area (Å²) in [6.45, 7) is 1.86. The van der Waals surface area contributed by atoms with Crippen LogP contribution < -0.4 is 16.6 Å². The maximum atomic E-state index is 12.0. The van der Waals surface area contributed by atoms with Crippen molar-refractivity contribution in [3.05, 3.63) is 32.6 Å². The third-order valence-electron chi connectivity index (χ3n) is 4.77. The van der Waals surface area contributed by atoms with Crippen molar-refractivity contribution in [3.8, 4) is 11.8 Å². The molecule has 0 radical (unpaired) electrons. The normalized spacial score (nSPS) is 20.9. The number of carbonyl (C=O) groups excluding carboxylic acids is 1. The Morgan fingerprint density at radius 3 is 2.79 bits per heavy atom. The first kappa shape index (κ1) is 22.9. The Labute approximate surface area is 169 Å². The van der Waals surface area contributed by atoms with E-state index in [9.17, 15) is 19.5 Å². The highest BCUT2D eigenvalue weighted by Gasteiger charge is 2.35. The fourth-order valence-electron chi connectivity index (χ4n) is 3.10. The second kappa shape index (κ2) is 11.6. The van der Waals surface area contributed by atoms with E-state index in [4.69, 9.17) is 9.84 Å². The Kier molecular flexibility index (Phi) is 9.12. The van der Waals surface area contributed by atoms with Crippen LogP contribution >= 0.6 is 0 Å². The molecule has 4 N–H and O–H groups in total. The van der Waals surface area contributed by atoms with E-state index in [1.54, 1.807) is 0 Å². The molecule has 1 saturated heterocycles. The van der Waals surface area contributed by atoms with Crippen molar-refractivity contribution in [2.45, 2.75) is 70.3 Å². The predicted molar refractivity (Wildman–Crippen MR) is 106 cm³/mol. The number of aliphatic hydroxyl groups is 2. The second-order valence-electron chi connectivity index (χ2n) is 7.07. The molecule has 9 heteroatoms. The van der Waals surface area contributed by atoms with Crippen molar-refractivity contribution in [2.75, 3.05) is 13.2 Å². The fraction of sp³-hybridized carbons (Fsp3) is 0.650. The zero-order chi connectivity index (χ0) is 21.2. The monoisotopic (exact) mass is 407 g/mol. The molecule has 2 heterocycles. The Hall–Kier alpha value is -2.41. The number of hydrogen-bond donors (Lipinski definition) is 4. The molecule has 1 amide bonds. The number of aromatic amines is 1. The first-order valence-corrected chi connectivity index (χ1v) is 10.0. The highest BCUT2D eigenvalue weighted by molar-refractivity contribution is 5.76. The van der Waals surface area contributed by atoms with Gasteiger partial charge in [-0.1, -0.05) is 44.4 Å². The molecule has 160 valence electrons. The molecule has 1 aliphatic rings. The van der Waals surface area contributed by atoms with Gasteiger partial charge < -0.3 is 20.3 Å². The first-order valence-electron chi connectivity index (χ1n) is 10.0. The van der Waals surface area contributed by atoms with Gasteiger partial charge in [-0.15, -0.1) is 0 Å². The Morgan fingerprint density at radius 1 is 1.34 bits per heavy atom. The average Bonchev–Trinajstić information content (AvgIpc) is 3.06. The van der Waals surface area contributed by atoms with Crippen LogP contribution in [0.15, 0.2) is 15.8 Å². The van der Waals surface area contributed by atoms with Crippen molar-refractivity contribution in [2.24, 2.45) is 0 Å². The molecule has 0 bridgehead atoms. The summed E-state index contributed by atoms with van der Waals surface area (Å²) in [5, 5.41) is 21.7. The number of aromatic nitrogens is 2. The molecule has 0 saturated carbocycles. The van der Waals surface area contributed by atoms with Gasteiger partial charge in [-0.05, 0) is 6.42 Å². The highest BCUT2D eigenvalue weighted by Crippen LogP contribution is 2.27. The summed E-state index contributed by atoms with van der Waals surface area (Å²) in [7, 11) is 0. The number of unbranched alkanes of at least 4 members (excludes halogenated alkanes) is 4. The number of nitrogens with one attached hydrogen (secondary N) is 2. The smallest absolute Gasteiger partial charge is 0.330 e. The quantitative estimate of drug-likeness (QED) is 0.336. The van der Waals surface area contributed by atoms with Crippen molar-refractivity contribution in [1.82, 2.24) is 14.9 Å². The molecular weight excluding hydrogens is 378 g/mol. The molecule has 2 rings (SSSR count). The average molecular weight is 407 g/mol. The van der Waals surface area contributed by atoms with E-state index in [2.05, 4.69) is 29.1 Å². The molecule has 1 aromatic rings. The van der Waals surface area contributed by atoms with Crippen LogP contribution in [0.3, 0.4) is 0 Å². The van der Waals surface area contributed by atoms with E-state index < -0.39 is 29.7 Å². The number of carbonyl (C=O) groups is 1. The largest absolute Gasteiger partial charge is 0.394 e. The van der Waals surface area contributed by atoms with Crippen LogP contribution in [0.4, 0.5) is 0 Å². The van der Waals surface area contributed by atoms with Crippen molar-refractivity contribution in [3.63, 3.8) is 0 Å². The molecule has 0 spiro atoms. The minimum atomic E-state index is -0.907. The molecule has 3 atom stereocenters. The Morgan fingerprint density at radius 2 is 2.10 bits per heavy atom. The van der Waals surface area contributed by atoms with Gasteiger partial charge in [0.2, 0.25) is 5.91 Å². The molecule has 0 unspecified atom stereocenters. The van der Waals surface area contributed by atoms with Crippen LogP contribution in [-0.2, 0) is 9.53 Å². The van der Waals surface area contributed by atoms with Gasteiger partial charge in [0.05, 0.1) is 19.3 Å². The summed E-state index contributed by atoms with van der Waals surface area (Å²) in [6, 6.07) is 0. The van der Waals surface area contributed by atoms with E-state index in [-0.39, 0.29) is 31.0 Å². The Balaban J connectivity index is 1.92. The van der Waals surface area contributed by atoms with Gasteiger partial charge in [0.25, 0.3) is 5.56 Å². The molecular formula is C20H29N3O6. The minimum Gasteiger partial charge on any atom is -0.394 e. The summed E-state index contributed by atoms with van der Waals surface area (Å²) in [5.74, 6) is 5.26. The summed E-state index contributed by atoms with van der Waals surface area (Å²) in [6.07, 6.45) is 4.65. The lowest BCUT2D eigenvalue weighted by molar-refractivity contribution is -0.120. The number of aliphatic hydroxyl groups excluding tert-OH is 2. The summed E-state index contributed by atoms with van der Waals surface area (Å²) >= 11 is 0. The first-order chi connectivity index (χ1) is 14.0. The number of H-pyrrole nitrogens is 1. The number of rotatable bonds is 9. The molecule has 1 fully saturated rings. The topological polar surface area (TPSA) is 134 Å². The summed E-state index contributed by atoms with van der Waals surface area (Å²) in [5.41, 5.74) is -1.28. The van der Waals surface area contributed by atoms with Gasteiger partial charge in [-0.25, -0.2) is 4.79 Å². The highest BCUT2D eigenvalue weighted by atomic mass is 16.5. The van der Waals surface area contributed by atoms with Gasteiger partial charge in [0.15, 0.2) is 0 Å². The van der Waals surface area contributed by atoms with Gasteiger partial charge in [0, 0.05) is 19.0 Å². The lowest BCUT2D eigenvalue weighted by Crippen LogP contribution is -2.33. The summed E-state index contributed by atoms with van der Waals surface area (Å²) < 4.78 is 6.58. The van der Waals surface area contributed by atoms with Crippen LogP contribution in [0.5, 0.6) is 0 Å². The Bertz CT molecular complexity index is 850. The molecule has 0 aliphatic carbocycles. The maximum Gasteiger partial charge on any atom is 0.330 e. The molecule has 1 aromatic heterocycles. The zero-order valence-electron chi connectivity index (χ0n) is 16.6. The van der Waals surface area contributed by atoms with Crippen LogP contribution in [0.25, 0.3) is 0 Å². The van der Waals surface area contributed by atoms with Gasteiger partial charge >= 0.3 is 5.69 Å². The molecule has 29 heavy (non-hydrogen) atoms. The second-order valence-corrected chi connectivity index (χ2v) is 7.07. The van der Waals surface area contributed by atoms with E-state index in [1.165, 1.54) is 12.6 Å². The van der Waals surface area contributed by atoms with Crippen LogP contribution in [-0.4, -0.2) is 51.0 Å². The lowest BCUT2D eigenvalue weighted by atomic mass is 10.1. The maximum absolute atomic E-state index is 12.0. The van der Waals surface area contributed by atoms with E-state index in [0.29, 0.717) is 6.42 Å². The molecule has 0 aromatic carbocycles. The minimum absolute atomic E-state index is 0.0453. The van der Waals surface area contributed by atoms with E-state index in [0.717, 1.165) is 30.3 Å². The zero-order valence-corrected chi connectivity index (χ0v) is 16.6. The summed E-state index contributed by atoms with van der Waals surface area (Å²) in [4.78, 5) is 37.9. The standard InChI is InChI=1S/C20H29N3O6/c1-2-3-4-5-6-9-17(26)21-10-7-8-14-12-23(20(28)22-19(14)27)18-11-15(25)16(13-24)29-18/h12,15-16,18,24-25H,2-6,9-11,13H2,1H3,(H,21,26)(H,22,27,28)/t15-,16+,18+/m0/s1. The third kappa shape index (κ3) is 6.85. The number of nitrogens with zero attached hydrogens (tertiary/aromatic N) is 1. The van der Waals surface area contributed by atoms with Gasteiger partial charge in [-0.2, -0.15) is 0 Å². The van der Waals surface area contributed by atoms with E-state index >= 15 is 0 Å². The van der Waals surface area contributed by atoms with Crippen molar-refractivity contribution < 1.29 is 19.7 Å². The molecule has 1 aliphatic heterocycles.